The fraction of sp³-hybridized carbons (Fsp3) is 0.364. The second kappa shape index (κ2) is 4.68. The van der Waals surface area contributed by atoms with Crippen LogP contribution in [0.3, 0.4) is 0 Å². The first-order valence-electron chi connectivity index (χ1n) is 5.26. The van der Waals surface area contributed by atoms with Gasteiger partial charge in [-0.25, -0.2) is 0 Å². The minimum atomic E-state index is 0.0602. The number of hydrogen-bond donors (Lipinski definition) is 0. The van der Waals surface area contributed by atoms with E-state index >= 15 is 0 Å². The molecule has 1 amide bonds. The number of rotatable bonds is 2. The highest BCUT2D eigenvalue weighted by Gasteiger charge is 2.18. The van der Waals surface area contributed by atoms with Gasteiger partial charge < -0.3 is 4.90 Å². The summed E-state index contributed by atoms with van der Waals surface area (Å²) < 4.78 is 0. The molecule has 1 aromatic rings. The molecule has 5 nitrogen and oxygen atoms in total. The molecular formula is C11H12N4O. The van der Waals surface area contributed by atoms with Crippen LogP contribution in [-0.2, 0) is 0 Å². The summed E-state index contributed by atoms with van der Waals surface area (Å²) in [6.45, 7) is 1.69. The third-order valence-corrected chi connectivity index (χ3v) is 2.67. The lowest BCUT2D eigenvalue weighted by Gasteiger charge is -2.14. The topological polar surface area (TPSA) is 69.1 Å². The molecule has 5 heteroatoms. The zero-order valence-electron chi connectivity index (χ0n) is 8.83. The molecule has 0 spiro atoms. The third kappa shape index (κ3) is 2.15. The average Bonchev–Trinajstić information content (AvgIpc) is 2.83. The first-order valence-corrected chi connectivity index (χ1v) is 5.26. The molecule has 0 saturated carbocycles. The average molecular weight is 216 g/mol. The van der Waals surface area contributed by atoms with Crippen molar-refractivity contribution in [2.75, 3.05) is 13.1 Å². The van der Waals surface area contributed by atoms with Crippen molar-refractivity contribution in [2.45, 2.75) is 12.8 Å². The molecule has 1 fully saturated rings. The summed E-state index contributed by atoms with van der Waals surface area (Å²) in [5, 5.41) is 3.46. The van der Waals surface area contributed by atoms with Crippen LogP contribution < -0.4 is 0 Å². The van der Waals surface area contributed by atoms with Crippen molar-refractivity contribution in [2.24, 2.45) is 5.11 Å². The molecule has 0 radical (unpaired) electrons. The van der Waals surface area contributed by atoms with Gasteiger partial charge in [0.2, 0.25) is 0 Å². The maximum atomic E-state index is 11.9. The van der Waals surface area contributed by atoms with Gasteiger partial charge in [-0.15, -0.1) is 0 Å². The van der Waals surface area contributed by atoms with Crippen LogP contribution in [0.25, 0.3) is 10.4 Å². The third-order valence-electron chi connectivity index (χ3n) is 2.67. The van der Waals surface area contributed by atoms with Gasteiger partial charge in [-0.05, 0) is 30.5 Å². The monoisotopic (exact) mass is 216 g/mol. The zero-order chi connectivity index (χ0) is 11.4. The highest BCUT2D eigenvalue weighted by atomic mass is 16.2. The van der Waals surface area contributed by atoms with Crippen molar-refractivity contribution >= 4 is 11.6 Å². The number of carbonyl (C=O) groups is 1. The van der Waals surface area contributed by atoms with Crippen LogP contribution in [-0.4, -0.2) is 23.9 Å². The van der Waals surface area contributed by atoms with Crippen molar-refractivity contribution in [1.29, 1.82) is 0 Å². The first kappa shape index (κ1) is 10.5. The van der Waals surface area contributed by atoms with E-state index in [-0.39, 0.29) is 5.91 Å². The summed E-state index contributed by atoms with van der Waals surface area (Å²) in [4.78, 5) is 16.5. The summed E-state index contributed by atoms with van der Waals surface area (Å²) in [6, 6.07) is 6.71. The predicted octanol–water partition coefficient (Wildman–Crippen LogP) is 2.86. The van der Waals surface area contributed by atoms with Crippen LogP contribution in [0.4, 0.5) is 5.69 Å². The fourth-order valence-corrected chi connectivity index (χ4v) is 1.83. The molecule has 1 aliphatic rings. The maximum Gasteiger partial charge on any atom is 0.253 e. The summed E-state index contributed by atoms with van der Waals surface area (Å²) in [6.07, 6.45) is 2.17. The van der Waals surface area contributed by atoms with Crippen molar-refractivity contribution in [3.63, 3.8) is 0 Å². The van der Waals surface area contributed by atoms with E-state index in [1.54, 1.807) is 24.3 Å². The Labute approximate surface area is 93.3 Å². The first-order chi connectivity index (χ1) is 7.81. The molecule has 82 valence electrons. The normalized spacial score (nSPS) is 14.6. The van der Waals surface area contributed by atoms with E-state index in [0.29, 0.717) is 11.3 Å². The Balaban J connectivity index is 2.14. The van der Waals surface area contributed by atoms with E-state index in [0.717, 1.165) is 25.9 Å². The largest absolute Gasteiger partial charge is 0.339 e. The molecule has 1 aliphatic heterocycles. The lowest BCUT2D eigenvalue weighted by atomic mass is 10.2. The standard InChI is InChI=1S/C11H12N4O/c12-14-13-10-5-3-9(4-6-10)11(16)15-7-1-2-8-15/h3-6H,1-2,7-8H2. The van der Waals surface area contributed by atoms with Crippen molar-refractivity contribution in [1.82, 2.24) is 4.90 Å². The number of benzene rings is 1. The van der Waals surface area contributed by atoms with Gasteiger partial charge in [0.25, 0.3) is 5.91 Å². The Hall–Kier alpha value is -2.00. The van der Waals surface area contributed by atoms with E-state index in [1.807, 2.05) is 4.90 Å². The lowest BCUT2D eigenvalue weighted by molar-refractivity contribution is 0.0793. The zero-order valence-corrected chi connectivity index (χ0v) is 8.83. The molecule has 1 saturated heterocycles. The Morgan fingerprint density at radius 2 is 1.88 bits per heavy atom. The van der Waals surface area contributed by atoms with Crippen molar-refractivity contribution < 1.29 is 4.79 Å². The Morgan fingerprint density at radius 1 is 1.25 bits per heavy atom. The van der Waals surface area contributed by atoms with Gasteiger partial charge in [0.1, 0.15) is 0 Å². The van der Waals surface area contributed by atoms with E-state index < -0.39 is 0 Å². The summed E-state index contributed by atoms with van der Waals surface area (Å²) in [5.74, 6) is 0.0602. The number of hydrogen-bond acceptors (Lipinski definition) is 2. The second-order valence-corrected chi connectivity index (χ2v) is 3.74. The smallest absolute Gasteiger partial charge is 0.253 e. The Kier molecular flexibility index (Phi) is 3.08. The van der Waals surface area contributed by atoms with Crippen LogP contribution in [0.15, 0.2) is 29.4 Å². The lowest BCUT2D eigenvalue weighted by Crippen LogP contribution is -2.27. The van der Waals surface area contributed by atoms with Crippen LogP contribution in [0, 0.1) is 0 Å². The van der Waals surface area contributed by atoms with Gasteiger partial charge in [0, 0.05) is 29.3 Å². The van der Waals surface area contributed by atoms with Crippen LogP contribution in [0.1, 0.15) is 23.2 Å². The molecule has 0 unspecified atom stereocenters. The molecule has 2 rings (SSSR count). The quantitative estimate of drug-likeness (QED) is 0.425. The summed E-state index contributed by atoms with van der Waals surface area (Å²) >= 11 is 0. The van der Waals surface area contributed by atoms with E-state index in [1.165, 1.54) is 0 Å². The van der Waals surface area contributed by atoms with Crippen molar-refractivity contribution in [3.8, 4) is 0 Å². The molecule has 1 aromatic carbocycles. The van der Waals surface area contributed by atoms with E-state index in [2.05, 4.69) is 10.0 Å². The summed E-state index contributed by atoms with van der Waals surface area (Å²) in [5.41, 5.74) is 9.43. The number of amides is 1. The fourth-order valence-electron chi connectivity index (χ4n) is 1.83. The minimum Gasteiger partial charge on any atom is -0.339 e. The number of azide groups is 1. The minimum absolute atomic E-state index is 0.0602. The Bertz CT molecular complexity index is 428. The van der Waals surface area contributed by atoms with Crippen LogP contribution >= 0.6 is 0 Å². The maximum absolute atomic E-state index is 11.9. The van der Waals surface area contributed by atoms with Gasteiger partial charge >= 0.3 is 0 Å². The van der Waals surface area contributed by atoms with Gasteiger partial charge in [-0.1, -0.05) is 17.2 Å². The SMILES string of the molecule is [N-]=[N+]=Nc1ccc(C(=O)N2CCCC2)cc1. The van der Waals surface area contributed by atoms with Crippen LogP contribution in [0.5, 0.6) is 0 Å². The molecule has 16 heavy (non-hydrogen) atoms. The number of carbonyl (C=O) groups excluding carboxylic acids is 1. The molecule has 0 bridgehead atoms. The molecular weight excluding hydrogens is 204 g/mol. The molecule has 1 heterocycles. The van der Waals surface area contributed by atoms with Gasteiger partial charge in [0.05, 0.1) is 0 Å². The highest BCUT2D eigenvalue weighted by molar-refractivity contribution is 5.94. The van der Waals surface area contributed by atoms with Crippen LogP contribution in [0.2, 0.25) is 0 Å². The molecule has 0 aliphatic carbocycles. The second-order valence-electron chi connectivity index (χ2n) is 3.74. The number of nitrogens with zero attached hydrogens (tertiary/aromatic N) is 4. The molecule has 0 N–H and O–H groups in total. The summed E-state index contributed by atoms with van der Waals surface area (Å²) in [7, 11) is 0. The Morgan fingerprint density at radius 3 is 2.44 bits per heavy atom. The predicted molar refractivity (Wildman–Crippen MR) is 60.4 cm³/mol. The van der Waals surface area contributed by atoms with Crippen molar-refractivity contribution in [3.05, 3.63) is 40.3 Å². The van der Waals surface area contributed by atoms with Gasteiger partial charge in [-0.3, -0.25) is 4.79 Å². The molecule has 0 aromatic heterocycles. The molecule has 0 atom stereocenters. The van der Waals surface area contributed by atoms with E-state index in [9.17, 15) is 4.79 Å². The van der Waals surface area contributed by atoms with Gasteiger partial charge in [0.15, 0.2) is 0 Å². The number of likely N-dealkylation sites (tertiary alicyclic amines) is 1. The van der Waals surface area contributed by atoms with E-state index in [4.69, 9.17) is 5.53 Å². The van der Waals surface area contributed by atoms with Gasteiger partial charge in [-0.2, -0.15) is 0 Å². The highest BCUT2D eigenvalue weighted by Crippen LogP contribution is 2.16.